The second-order valence-electron chi connectivity index (χ2n) is 6.22. The molecule has 4 rings (SSSR count). The first-order valence-corrected chi connectivity index (χ1v) is 7.70. The molecule has 1 saturated heterocycles. The van der Waals surface area contributed by atoms with Crippen molar-refractivity contribution < 1.29 is 13.6 Å². The monoisotopic (exact) mass is 305 g/mol. The molecule has 1 saturated carbocycles. The van der Waals surface area contributed by atoms with E-state index in [-0.39, 0.29) is 17.6 Å². The Hall–Kier alpha value is -1.98. The molecule has 116 valence electrons. The largest absolute Gasteiger partial charge is 0.342 e. The van der Waals surface area contributed by atoms with E-state index in [9.17, 15) is 13.6 Å². The molecule has 1 N–H and O–H groups in total. The van der Waals surface area contributed by atoms with Gasteiger partial charge in [-0.15, -0.1) is 0 Å². The number of para-hydroxylation sites is 1. The van der Waals surface area contributed by atoms with Gasteiger partial charge in [0.2, 0.25) is 5.91 Å². The Kier molecular flexibility index (Phi) is 3.13. The Labute approximate surface area is 126 Å². The van der Waals surface area contributed by atoms with Crippen LogP contribution in [0.3, 0.4) is 0 Å². The molecule has 1 aromatic heterocycles. The van der Waals surface area contributed by atoms with Crippen LogP contribution in [-0.2, 0) is 4.79 Å². The van der Waals surface area contributed by atoms with Crippen LogP contribution in [-0.4, -0.2) is 40.0 Å². The summed E-state index contributed by atoms with van der Waals surface area (Å²) < 4.78 is 26.7. The Morgan fingerprint density at radius 3 is 2.68 bits per heavy atom. The number of fused-ring (bicyclic) bond motifs is 1. The fraction of sp³-hybridized carbons (Fsp3) is 0.500. The van der Waals surface area contributed by atoms with E-state index in [2.05, 4.69) is 9.97 Å². The number of amides is 1. The highest BCUT2D eigenvalue weighted by atomic mass is 19.1. The highest BCUT2D eigenvalue weighted by molar-refractivity contribution is 5.82. The Bertz CT molecular complexity index is 721. The number of imidazole rings is 1. The first-order chi connectivity index (χ1) is 10.6. The third kappa shape index (κ3) is 2.26. The lowest BCUT2D eigenvalue weighted by Gasteiger charge is -2.31. The van der Waals surface area contributed by atoms with Gasteiger partial charge in [0.1, 0.15) is 17.5 Å². The van der Waals surface area contributed by atoms with Gasteiger partial charge >= 0.3 is 0 Å². The van der Waals surface area contributed by atoms with Gasteiger partial charge in [-0.25, -0.2) is 13.8 Å². The van der Waals surface area contributed by atoms with Gasteiger partial charge < -0.3 is 9.88 Å². The van der Waals surface area contributed by atoms with Gasteiger partial charge in [-0.1, -0.05) is 6.07 Å². The number of nitrogens with zero attached hydrogens (tertiary/aromatic N) is 2. The van der Waals surface area contributed by atoms with E-state index in [0.717, 1.165) is 18.7 Å². The zero-order chi connectivity index (χ0) is 15.3. The SMILES string of the molecule is O=C([C@H]1C[C@H]1F)N1CCC(c2nc3c(F)cccc3[nH]2)CC1. The summed E-state index contributed by atoms with van der Waals surface area (Å²) in [6, 6.07) is 4.86. The van der Waals surface area contributed by atoms with E-state index in [1.165, 1.54) is 6.07 Å². The molecule has 22 heavy (non-hydrogen) atoms. The maximum absolute atomic E-state index is 13.7. The second kappa shape index (κ2) is 5.04. The summed E-state index contributed by atoms with van der Waals surface area (Å²) in [4.78, 5) is 21.3. The summed E-state index contributed by atoms with van der Waals surface area (Å²) in [7, 11) is 0. The summed E-state index contributed by atoms with van der Waals surface area (Å²) in [5, 5.41) is 0. The quantitative estimate of drug-likeness (QED) is 0.927. The lowest BCUT2D eigenvalue weighted by molar-refractivity contribution is -0.134. The number of aromatic nitrogens is 2. The van der Waals surface area contributed by atoms with Gasteiger partial charge in [0.25, 0.3) is 0 Å². The van der Waals surface area contributed by atoms with Crippen molar-refractivity contribution in [1.82, 2.24) is 14.9 Å². The van der Waals surface area contributed by atoms with E-state index >= 15 is 0 Å². The number of carbonyl (C=O) groups is 1. The number of likely N-dealkylation sites (tertiary alicyclic amines) is 1. The molecular weight excluding hydrogens is 288 g/mol. The third-order valence-corrected chi connectivity index (χ3v) is 4.70. The molecule has 1 aromatic carbocycles. The summed E-state index contributed by atoms with van der Waals surface area (Å²) in [5.41, 5.74) is 1.07. The molecule has 2 fully saturated rings. The topological polar surface area (TPSA) is 49.0 Å². The van der Waals surface area contributed by atoms with Crippen molar-refractivity contribution in [2.75, 3.05) is 13.1 Å². The average Bonchev–Trinajstić information content (AvgIpc) is 3.09. The maximum atomic E-state index is 13.7. The number of H-pyrrole nitrogens is 1. The predicted octanol–water partition coefficient (Wildman–Crippen LogP) is 2.77. The molecule has 1 aliphatic carbocycles. The molecule has 2 aliphatic rings. The van der Waals surface area contributed by atoms with Crippen LogP contribution in [0.15, 0.2) is 18.2 Å². The van der Waals surface area contributed by atoms with Crippen molar-refractivity contribution >= 4 is 16.9 Å². The van der Waals surface area contributed by atoms with Crippen molar-refractivity contribution in [3.63, 3.8) is 0 Å². The molecule has 6 heteroatoms. The molecule has 2 heterocycles. The van der Waals surface area contributed by atoms with Crippen molar-refractivity contribution in [3.05, 3.63) is 29.8 Å². The lowest BCUT2D eigenvalue weighted by atomic mass is 9.96. The molecule has 0 bridgehead atoms. The number of halogens is 2. The summed E-state index contributed by atoms with van der Waals surface area (Å²) >= 11 is 0. The first kappa shape index (κ1) is 13.7. The van der Waals surface area contributed by atoms with E-state index < -0.39 is 12.1 Å². The van der Waals surface area contributed by atoms with Crippen molar-refractivity contribution in [3.8, 4) is 0 Å². The number of alkyl halides is 1. The molecule has 1 aliphatic heterocycles. The number of nitrogens with one attached hydrogen (secondary N) is 1. The van der Waals surface area contributed by atoms with Crippen LogP contribution in [0.4, 0.5) is 8.78 Å². The van der Waals surface area contributed by atoms with E-state index in [1.54, 1.807) is 11.0 Å². The smallest absolute Gasteiger partial charge is 0.228 e. The number of hydrogen-bond acceptors (Lipinski definition) is 2. The van der Waals surface area contributed by atoms with Gasteiger partial charge in [0.05, 0.1) is 11.4 Å². The number of rotatable bonds is 2. The maximum Gasteiger partial charge on any atom is 0.228 e. The third-order valence-electron chi connectivity index (χ3n) is 4.70. The minimum Gasteiger partial charge on any atom is -0.342 e. The molecule has 2 aromatic rings. The highest BCUT2D eigenvalue weighted by Gasteiger charge is 2.46. The molecule has 4 nitrogen and oxygen atoms in total. The van der Waals surface area contributed by atoms with Gasteiger partial charge in [-0.3, -0.25) is 4.79 Å². The summed E-state index contributed by atoms with van der Waals surface area (Å²) in [6.07, 6.45) is 0.985. The van der Waals surface area contributed by atoms with Gasteiger partial charge in [-0.05, 0) is 31.4 Å². The molecule has 1 amide bonds. The van der Waals surface area contributed by atoms with Crippen LogP contribution in [0.5, 0.6) is 0 Å². The Morgan fingerprint density at radius 2 is 2.05 bits per heavy atom. The standard InChI is InChI=1S/C16H17F2N3O/c17-11-2-1-3-13-14(11)20-15(19-13)9-4-6-21(7-5-9)16(22)10-8-12(10)18/h1-3,9-10,12H,4-8H2,(H,19,20)/t10-,12+/m0/s1. The van der Waals surface area contributed by atoms with Crippen LogP contribution in [0.1, 0.15) is 31.0 Å². The Morgan fingerprint density at radius 1 is 1.32 bits per heavy atom. The van der Waals surface area contributed by atoms with E-state index in [4.69, 9.17) is 0 Å². The van der Waals surface area contributed by atoms with Crippen molar-refractivity contribution in [2.45, 2.75) is 31.4 Å². The second-order valence-corrected chi connectivity index (χ2v) is 6.22. The lowest BCUT2D eigenvalue weighted by Crippen LogP contribution is -2.39. The van der Waals surface area contributed by atoms with Crippen LogP contribution in [0.2, 0.25) is 0 Å². The molecule has 0 spiro atoms. The predicted molar refractivity (Wildman–Crippen MR) is 77.6 cm³/mol. The highest BCUT2D eigenvalue weighted by Crippen LogP contribution is 2.37. The first-order valence-electron chi connectivity index (χ1n) is 7.70. The molecule has 2 atom stereocenters. The fourth-order valence-corrected chi connectivity index (χ4v) is 3.24. The fourth-order valence-electron chi connectivity index (χ4n) is 3.24. The van der Waals surface area contributed by atoms with Crippen molar-refractivity contribution in [2.24, 2.45) is 5.92 Å². The van der Waals surface area contributed by atoms with Crippen LogP contribution in [0, 0.1) is 11.7 Å². The number of aromatic amines is 1. The average molecular weight is 305 g/mol. The van der Waals surface area contributed by atoms with E-state index in [0.29, 0.717) is 30.5 Å². The van der Waals surface area contributed by atoms with Crippen LogP contribution >= 0.6 is 0 Å². The van der Waals surface area contributed by atoms with Gasteiger partial charge in [0, 0.05) is 19.0 Å². The van der Waals surface area contributed by atoms with Gasteiger partial charge in [-0.2, -0.15) is 0 Å². The summed E-state index contributed by atoms with van der Waals surface area (Å²) in [5.74, 6) is 0.187. The minimum absolute atomic E-state index is 0.0541. The number of carbonyl (C=O) groups excluding carboxylic acids is 1. The normalized spacial score (nSPS) is 25.6. The minimum atomic E-state index is -0.941. The Balaban J connectivity index is 1.46. The van der Waals surface area contributed by atoms with E-state index in [1.807, 2.05) is 6.07 Å². The summed E-state index contributed by atoms with van der Waals surface area (Å²) in [6.45, 7) is 1.23. The molecule has 0 radical (unpaired) electrons. The van der Waals surface area contributed by atoms with Crippen molar-refractivity contribution in [1.29, 1.82) is 0 Å². The molecular formula is C16H17F2N3O. The number of benzene rings is 1. The van der Waals surface area contributed by atoms with Crippen LogP contribution in [0.25, 0.3) is 11.0 Å². The molecule has 0 unspecified atom stereocenters. The zero-order valence-electron chi connectivity index (χ0n) is 12.1. The van der Waals surface area contributed by atoms with Gasteiger partial charge in [0.15, 0.2) is 5.82 Å². The number of hydrogen-bond donors (Lipinski definition) is 1. The number of piperidine rings is 1. The zero-order valence-corrected chi connectivity index (χ0v) is 12.1. The van der Waals surface area contributed by atoms with Crippen LogP contribution < -0.4 is 0 Å².